The number of hydrogen-bond donors (Lipinski definition) is 4. The topological polar surface area (TPSA) is 91.6 Å². The van der Waals surface area contributed by atoms with Gasteiger partial charge in [0.15, 0.2) is 5.75 Å². The summed E-state index contributed by atoms with van der Waals surface area (Å²) in [6.07, 6.45) is 1.61. The van der Waals surface area contributed by atoms with Crippen LogP contribution in [0.4, 0.5) is 17.1 Å². The fourth-order valence-corrected chi connectivity index (χ4v) is 2.90. The number of nitrogens with one attached hydrogen (secondary N) is 2. The first kappa shape index (κ1) is 14.7. The fourth-order valence-electron chi connectivity index (χ4n) is 2.00. The molecule has 0 saturated carbocycles. The third kappa shape index (κ3) is 2.51. The van der Waals surface area contributed by atoms with Crippen LogP contribution < -0.4 is 21.5 Å². The van der Waals surface area contributed by atoms with Crippen molar-refractivity contribution in [1.82, 2.24) is 0 Å². The molecule has 0 spiro atoms. The van der Waals surface area contributed by atoms with E-state index < -0.39 is 10.9 Å². The van der Waals surface area contributed by atoms with Gasteiger partial charge in [-0.2, -0.15) is 0 Å². The monoisotopic (exact) mass is 336 g/mol. The molecule has 2 heterocycles. The molecule has 0 radical (unpaired) electrons. The van der Waals surface area contributed by atoms with Crippen molar-refractivity contribution in [3.8, 4) is 5.75 Å². The molecular formula is C14H12N2O4S2. The molecular weight excluding hydrogens is 324 g/mol. The molecule has 2 aromatic heterocycles. The molecule has 0 fully saturated rings. The van der Waals surface area contributed by atoms with Gasteiger partial charge in [-0.1, -0.05) is 0 Å². The summed E-state index contributed by atoms with van der Waals surface area (Å²) in [6.45, 7) is 2.19. The van der Waals surface area contributed by atoms with Crippen molar-refractivity contribution in [3.63, 3.8) is 0 Å². The lowest BCUT2D eigenvalue weighted by Crippen LogP contribution is -2.36. The summed E-state index contributed by atoms with van der Waals surface area (Å²) in [5, 5.41) is 17.0. The van der Waals surface area contributed by atoms with Gasteiger partial charge in [0.25, 0.3) is 10.9 Å². The Morgan fingerprint density at radius 2 is 2.05 bits per heavy atom. The van der Waals surface area contributed by atoms with E-state index in [0.717, 1.165) is 5.56 Å². The summed E-state index contributed by atoms with van der Waals surface area (Å²) in [7, 11) is 0. The van der Waals surface area contributed by atoms with Crippen LogP contribution in [-0.2, 0) is 6.54 Å². The van der Waals surface area contributed by atoms with Crippen molar-refractivity contribution < 1.29 is 9.52 Å². The number of rotatable bonds is 5. The highest BCUT2D eigenvalue weighted by atomic mass is 32.2. The minimum Gasteiger partial charge on any atom is -0.504 e. The summed E-state index contributed by atoms with van der Waals surface area (Å²) in [4.78, 5) is 23.3. The van der Waals surface area contributed by atoms with Gasteiger partial charge in [-0.05, 0) is 18.6 Å². The van der Waals surface area contributed by atoms with Crippen molar-refractivity contribution >= 4 is 41.0 Å². The van der Waals surface area contributed by atoms with Crippen LogP contribution in [0.3, 0.4) is 0 Å². The number of hydrogen-bond acceptors (Lipinski definition) is 8. The molecule has 0 aliphatic carbocycles. The van der Waals surface area contributed by atoms with Crippen molar-refractivity contribution in [2.24, 2.45) is 0 Å². The van der Waals surface area contributed by atoms with E-state index in [1.807, 2.05) is 13.0 Å². The highest BCUT2D eigenvalue weighted by Gasteiger charge is 2.22. The van der Waals surface area contributed by atoms with Crippen molar-refractivity contribution in [1.29, 1.82) is 0 Å². The van der Waals surface area contributed by atoms with Crippen LogP contribution in [0, 0.1) is 6.92 Å². The number of aryl methyl sites for hydroxylation is 1. The van der Waals surface area contributed by atoms with E-state index in [1.54, 1.807) is 11.6 Å². The van der Waals surface area contributed by atoms with Gasteiger partial charge in [-0.25, -0.2) is 0 Å². The van der Waals surface area contributed by atoms with Gasteiger partial charge >= 0.3 is 0 Å². The molecule has 0 atom stereocenters. The molecule has 0 unspecified atom stereocenters. The Morgan fingerprint density at radius 1 is 1.32 bits per heavy atom. The average Bonchev–Trinajstić information content (AvgIpc) is 3.05. The van der Waals surface area contributed by atoms with E-state index in [-0.39, 0.29) is 17.1 Å². The summed E-state index contributed by atoms with van der Waals surface area (Å²) < 4.78 is 5.70. The maximum Gasteiger partial charge on any atom is 0.253 e. The maximum absolute atomic E-state index is 11.7. The quantitative estimate of drug-likeness (QED) is 0.423. The van der Waals surface area contributed by atoms with Crippen molar-refractivity contribution in [3.05, 3.63) is 49.5 Å². The molecule has 0 bridgehead atoms. The Bertz CT molecular complexity index is 903. The molecule has 3 N–H and O–H groups in total. The van der Waals surface area contributed by atoms with Crippen LogP contribution in [0.2, 0.25) is 0 Å². The second kappa shape index (κ2) is 5.54. The molecule has 0 aliphatic heterocycles. The molecule has 3 aromatic rings. The van der Waals surface area contributed by atoms with E-state index in [4.69, 9.17) is 4.42 Å². The molecule has 0 saturated heterocycles. The standard InChI is InChI=1S/C14H12N2O4S2/c1-6-2-7(20-4-6)3-15-9-10(13(19)12(9)18)16-8-5-22-14(21)11(8)17/h2,4-5,15-17,21H,3H2,1H3. The van der Waals surface area contributed by atoms with Gasteiger partial charge in [0.2, 0.25) is 0 Å². The molecule has 1 aromatic carbocycles. The van der Waals surface area contributed by atoms with E-state index in [9.17, 15) is 14.7 Å². The van der Waals surface area contributed by atoms with Crippen LogP contribution in [0.5, 0.6) is 5.75 Å². The third-order valence-electron chi connectivity index (χ3n) is 3.14. The minimum atomic E-state index is -0.621. The molecule has 0 amide bonds. The predicted molar refractivity (Wildman–Crippen MR) is 88.6 cm³/mol. The lowest BCUT2D eigenvalue weighted by Gasteiger charge is -2.13. The Balaban J connectivity index is 1.78. The zero-order chi connectivity index (χ0) is 15.9. The van der Waals surface area contributed by atoms with E-state index in [2.05, 4.69) is 23.3 Å². The van der Waals surface area contributed by atoms with Crippen LogP contribution in [-0.4, -0.2) is 5.11 Å². The van der Waals surface area contributed by atoms with E-state index in [0.29, 0.717) is 22.2 Å². The number of thiophene rings is 1. The molecule has 8 heteroatoms. The number of thiol groups is 1. The fraction of sp³-hybridized carbons (Fsp3) is 0.143. The van der Waals surface area contributed by atoms with Crippen LogP contribution in [0.1, 0.15) is 11.3 Å². The maximum atomic E-state index is 11.7. The lowest BCUT2D eigenvalue weighted by atomic mass is 10.2. The Hall–Kier alpha value is -2.19. The molecule has 0 aliphatic rings. The van der Waals surface area contributed by atoms with Crippen molar-refractivity contribution in [2.45, 2.75) is 17.7 Å². The minimum absolute atomic E-state index is 0.0472. The summed E-state index contributed by atoms with van der Waals surface area (Å²) in [5.74, 6) is 0.613. The summed E-state index contributed by atoms with van der Waals surface area (Å²) in [5.41, 5.74) is 0.430. The van der Waals surface area contributed by atoms with Gasteiger partial charge in [0.05, 0.1) is 18.5 Å². The predicted octanol–water partition coefficient (Wildman–Crippen LogP) is 2.60. The van der Waals surface area contributed by atoms with Crippen LogP contribution in [0.15, 0.2) is 35.9 Å². The normalized spacial score (nSPS) is 11.0. The molecule has 114 valence electrons. The van der Waals surface area contributed by atoms with Gasteiger partial charge in [-0.3, -0.25) is 9.59 Å². The highest BCUT2D eigenvalue weighted by Crippen LogP contribution is 2.38. The van der Waals surface area contributed by atoms with Gasteiger partial charge < -0.3 is 20.2 Å². The molecule has 6 nitrogen and oxygen atoms in total. The Labute approximate surface area is 134 Å². The second-order valence-electron chi connectivity index (χ2n) is 4.78. The van der Waals surface area contributed by atoms with E-state index in [1.165, 1.54) is 11.3 Å². The van der Waals surface area contributed by atoms with E-state index >= 15 is 0 Å². The SMILES string of the molecule is Cc1coc(CNc2c(Nc3csc(S)c3O)c(=O)c2=O)c1. The second-order valence-corrected chi connectivity index (χ2v) is 6.41. The number of furan rings is 1. The van der Waals surface area contributed by atoms with Gasteiger partial charge in [0, 0.05) is 5.38 Å². The Morgan fingerprint density at radius 3 is 2.64 bits per heavy atom. The smallest absolute Gasteiger partial charge is 0.253 e. The molecule has 3 rings (SSSR count). The van der Waals surface area contributed by atoms with Crippen LogP contribution in [0.25, 0.3) is 0 Å². The largest absolute Gasteiger partial charge is 0.504 e. The number of aromatic hydroxyl groups is 1. The highest BCUT2D eigenvalue weighted by molar-refractivity contribution is 7.83. The third-order valence-corrected chi connectivity index (χ3v) is 4.44. The first-order valence-electron chi connectivity index (χ1n) is 6.35. The van der Waals surface area contributed by atoms with Gasteiger partial charge in [0.1, 0.15) is 21.3 Å². The van der Waals surface area contributed by atoms with Gasteiger partial charge in [-0.15, -0.1) is 24.0 Å². The first-order chi connectivity index (χ1) is 10.5. The van der Waals surface area contributed by atoms with Crippen LogP contribution >= 0.6 is 24.0 Å². The summed E-state index contributed by atoms with van der Waals surface area (Å²) in [6, 6.07) is 1.84. The van der Waals surface area contributed by atoms with Crippen molar-refractivity contribution in [2.75, 3.05) is 10.6 Å². The lowest BCUT2D eigenvalue weighted by molar-refractivity contribution is 0.469. The Kier molecular flexibility index (Phi) is 3.71. The summed E-state index contributed by atoms with van der Waals surface area (Å²) >= 11 is 5.30. The average molecular weight is 336 g/mol. The zero-order valence-electron chi connectivity index (χ0n) is 11.5. The first-order valence-corrected chi connectivity index (χ1v) is 7.67. The number of anilines is 3. The zero-order valence-corrected chi connectivity index (χ0v) is 13.2. The molecule has 22 heavy (non-hydrogen) atoms.